The quantitative estimate of drug-likeness (QED) is 0.298. The minimum Gasteiger partial charge on any atom is -0.432 e. The molecule has 0 radical (unpaired) electrons. The van der Waals surface area contributed by atoms with E-state index in [1.54, 1.807) is 36.4 Å². The summed E-state index contributed by atoms with van der Waals surface area (Å²) in [6.07, 6.45) is 0. The third-order valence-electron chi connectivity index (χ3n) is 3.77. The summed E-state index contributed by atoms with van der Waals surface area (Å²) < 4.78 is 5.58. The number of carbonyl (C=O) groups excluding carboxylic acids is 1. The number of ether oxygens (including phenoxy) is 1. The first-order chi connectivity index (χ1) is 14.4. The molecule has 3 aromatic rings. The zero-order valence-corrected chi connectivity index (χ0v) is 17.5. The monoisotopic (exact) mass is 439 g/mol. The smallest absolute Gasteiger partial charge is 0.269 e. The van der Waals surface area contributed by atoms with Gasteiger partial charge in [0.1, 0.15) is 5.75 Å². The Bertz CT molecular complexity index is 1050. The molecule has 3 rings (SSSR count). The highest BCUT2D eigenvalue weighted by Gasteiger charge is 2.06. The Hall–Kier alpha value is -3.43. The van der Waals surface area contributed by atoms with Crippen LogP contribution in [-0.4, -0.2) is 16.0 Å². The van der Waals surface area contributed by atoms with Crippen LogP contribution in [0.5, 0.6) is 5.75 Å². The van der Waals surface area contributed by atoms with Crippen LogP contribution in [0.15, 0.2) is 82.6 Å². The molecule has 2 N–H and O–H groups in total. The van der Waals surface area contributed by atoms with Crippen molar-refractivity contribution in [3.63, 3.8) is 0 Å². The van der Waals surface area contributed by atoms with E-state index in [1.165, 1.54) is 30.8 Å². The number of nitro benzene ring substituents is 1. The number of benzene rings is 3. The lowest BCUT2D eigenvalue weighted by atomic mass is 10.3. The Morgan fingerprint density at radius 1 is 0.900 bits per heavy atom. The molecule has 1 amide bonds. The number of thiocarbonyl (C=S) groups is 1. The molecule has 0 unspecified atom stereocenters. The van der Waals surface area contributed by atoms with Crippen molar-refractivity contribution in [2.75, 3.05) is 10.6 Å². The second-order valence-electron chi connectivity index (χ2n) is 6.10. The van der Waals surface area contributed by atoms with E-state index in [1.807, 2.05) is 24.3 Å². The fourth-order valence-corrected chi connectivity index (χ4v) is 3.47. The zero-order chi connectivity index (χ0) is 21.5. The SMILES string of the molecule is CC(=O)Nc1ccc(OC(=S)Nc2ccc(Sc3ccc([N+](=O)[O-])cc3)cc2)cc1. The van der Waals surface area contributed by atoms with Gasteiger partial charge in [0.2, 0.25) is 5.91 Å². The molecule has 0 heterocycles. The summed E-state index contributed by atoms with van der Waals surface area (Å²) in [5, 5.41) is 16.6. The van der Waals surface area contributed by atoms with E-state index >= 15 is 0 Å². The van der Waals surface area contributed by atoms with Gasteiger partial charge in [0, 0.05) is 40.2 Å². The van der Waals surface area contributed by atoms with Gasteiger partial charge in [0.15, 0.2) is 0 Å². The number of hydrogen-bond donors (Lipinski definition) is 2. The maximum atomic E-state index is 11.0. The number of nitrogens with one attached hydrogen (secondary N) is 2. The molecule has 0 aliphatic rings. The number of nitrogens with zero attached hydrogens (tertiary/aromatic N) is 1. The molecule has 3 aromatic carbocycles. The normalized spacial score (nSPS) is 10.2. The summed E-state index contributed by atoms with van der Waals surface area (Å²) in [7, 11) is 0. The first-order valence-corrected chi connectivity index (χ1v) is 10.0. The topological polar surface area (TPSA) is 93.5 Å². The maximum Gasteiger partial charge on any atom is 0.269 e. The van der Waals surface area contributed by atoms with E-state index in [0.717, 1.165) is 15.5 Å². The van der Waals surface area contributed by atoms with E-state index in [2.05, 4.69) is 10.6 Å². The van der Waals surface area contributed by atoms with Crippen LogP contribution in [0.1, 0.15) is 6.92 Å². The van der Waals surface area contributed by atoms with E-state index in [0.29, 0.717) is 11.4 Å². The predicted octanol–water partition coefficient (Wildman–Crippen LogP) is 5.48. The maximum absolute atomic E-state index is 11.0. The highest BCUT2D eigenvalue weighted by molar-refractivity contribution is 7.99. The van der Waals surface area contributed by atoms with Crippen LogP contribution in [0.3, 0.4) is 0 Å². The number of rotatable bonds is 6. The molecule has 0 aliphatic carbocycles. The molecule has 0 saturated carbocycles. The average Bonchev–Trinajstić information content (AvgIpc) is 2.71. The van der Waals surface area contributed by atoms with Crippen molar-refractivity contribution in [3.05, 3.63) is 82.9 Å². The van der Waals surface area contributed by atoms with Gasteiger partial charge >= 0.3 is 0 Å². The number of non-ortho nitro benzene ring substituents is 1. The summed E-state index contributed by atoms with van der Waals surface area (Å²) in [6, 6.07) is 20.8. The Morgan fingerprint density at radius 3 is 1.93 bits per heavy atom. The molecule has 30 heavy (non-hydrogen) atoms. The zero-order valence-electron chi connectivity index (χ0n) is 15.8. The standard InChI is InChI=1S/C21H17N3O4S2/c1-14(25)22-15-2-8-18(9-3-15)28-21(29)23-16-4-10-19(11-5-16)30-20-12-6-17(7-13-20)24(26)27/h2-13H,1H3,(H,22,25)(H,23,29). The fraction of sp³-hybridized carbons (Fsp3) is 0.0476. The van der Waals surface area contributed by atoms with Gasteiger partial charge in [0.25, 0.3) is 10.9 Å². The van der Waals surface area contributed by atoms with Crippen molar-refractivity contribution in [1.29, 1.82) is 0 Å². The molecule has 7 nitrogen and oxygen atoms in total. The Morgan fingerprint density at radius 2 is 1.40 bits per heavy atom. The van der Waals surface area contributed by atoms with Gasteiger partial charge in [-0.1, -0.05) is 11.8 Å². The second kappa shape index (κ2) is 9.86. The van der Waals surface area contributed by atoms with Crippen LogP contribution < -0.4 is 15.4 Å². The minimum absolute atomic E-state index is 0.0668. The predicted molar refractivity (Wildman–Crippen MR) is 121 cm³/mol. The van der Waals surface area contributed by atoms with Gasteiger partial charge < -0.3 is 15.4 Å². The first-order valence-electron chi connectivity index (χ1n) is 8.78. The molecular formula is C21H17N3O4S2. The number of carbonyl (C=O) groups is 1. The van der Waals surface area contributed by atoms with Gasteiger partial charge in [-0.05, 0) is 72.9 Å². The van der Waals surface area contributed by atoms with Crippen LogP contribution >= 0.6 is 24.0 Å². The minimum atomic E-state index is -0.419. The molecule has 0 fully saturated rings. The molecule has 0 aromatic heterocycles. The van der Waals surface area contributed by atoms with Gasteiger partial charge in [-0.15, -0.1) is 0 Å². The fourth-order valence-electron chi connectivity index (χ4n) is 2.44. The molecule has 152 valence electrons. The van der Waals surface area contributed by atoms with E-state index in [4.69, 9.17) is 17.0 Å². The van der Waals surface area contributed by atoms with Crippen LogP contribution in [0.25, 0.3) is 0 Å². The van der Waals surface area contributed by atoms with Gasteiger partial charge in [0.05, 0.1) is 4.92 Å². The molecule has 9 heteroatoms. The summed E-state index contributed by atoms with van der Waals surface area (Å²) in [5.41, 5.74) is 1.51. The lowest BCUT2D eigenvalue weighted by Gasteiger charge is -2.11. The van der Waals surface area contributed by atoms with Crippen molar-refractivity contribution in [2.45, 2.75) is 16.7 Å². The van der Waals surface area contributed by atoms with Gasteiger partial charge in [-0.2, -0.15) is 0 Å². The molecule has 0 atom stereocenters. The number of amides is 1. The van der Waals surface area contributed by atoms with Crippen LogP contribution in [0.4, 0.5) is 17.1 Å². The van der Waals surface area contributed by atoms with Crippen molar-refractivity contribution in [1.82, 2.24) is 0 Å². The second-order valence-corrected chi connectivity index (χ2v) is 7.62. The van der Waals surface area contributed by atoms with Crippen molar-refractivity contribution in [2.24, 2.45) is 0 Å². The summed E-state index contributed by atoms with van der Waals surface area (Å²) in [5.74, 6) is 0.406. The third kappa shape index (κ3) is 6.29. The van der Waals surface area contributed by atoms with Crippen molar-refractivity contribution >= 4 is 52.1 Å². The van der Waals surface area contributed by atoms with Gasteiger partial charge in [-0.3, -0.25) is 14.9 Å². The van der Waals surface area contributed by atoms with E-state index in [-0.39, 0.29) is 16.8 Å². The average molecular weight is 440 g/mol. The van der Waals surface area contributed by atoms with Crippen molar-refractivity contribution < 1.29 is 14.5 Å². The Kier molecular flexibility index (Phi) is 6.99. The largest absolute Gasteiger partial charge is 0.432 e. The molecular weight excluding hydrogens is 422 g/mol. The van der Waals surface area contributed by atoms with E-state index in [9.17, 15) is 14.9 Å². The first kappa shape index (κ1) is 21.3. The highest BCUT2D eigenvalue weighted by atomic mass is 32.2. The lowest BCUT2D eigenvalue weighted by molar-refractivity contribution is -0.384. The Balaban J connectivity index is 1.53. The molecule has 0 saturated heterocycles. The molecule has 0 spiro atoms. The number of hydrogen-bond acceptors (Lipinski definition) is 6. The van der Waals surface area contributed by atoms with Crippen molar-refractivity contribution in [3.8, 4) is 5.75 Å². The lowest BCUT2D eigenvalue weighted by Crippen LogP contribution is -2.16. The summed E-state index contributed by atoms with van der Waals surface area (Å²) in [4.78, 5) is 23.2. The molecule has 0 aliphatic heterocycles. The van der Waals surface area contributed by atoms with Crippen LogP contribution in [0.2, 0.25) is 0 Å². The highest BCUT2D eigenvalue weighted by Crippen LogP contribution is 2.29. The number of nitro groups is 1. The number of anilines is 2. The van der Waals surface area contributed by atoms with Crippen LogP contribution in [-0.2, 0) is 4.79 Å². The molecule has 0 bridgehead atoms. The van der Waals surface area contributed by atoms with E-state index < -0.39 is 4.92 Å². The summed E-state index contributed by atoms with van der Waals surface area (Å²) >= 11 is 6.73. The summed E-state index contributed by atoms with van der Waals surface area (Å²) in [6.45, 7) is 1.44. The van der Waals surface area contributed by atoms with Gasteiger partial charge in [-0.25, -0.2) is 0 Å². The van der Waals surface area contributed by atoms with Crippen LogP contribution in [0, 0.1) is 10.1 Å². The third-order valence-corrected chi connectivity index (χ3v) is 4.97. The Labute approximate surface area is 182 Å².